The molecule has 1 N–H and O–H groups in total. The molecule has 14 heavy (non-hydrogen) atoms. The van der Waals surface area contributed by atoms with E-state index in [0.717, 1.165) is 12.3 Å². The van der Waals surface area contributed by atoms with Crippen LogP contribution in [0.5, 0.6) is 0 Å². The maximum absolute atomic E-state index is 5.18. The molecule has 5 heteroatoms. The Hall–Kier alpha value is -0.910. The van der Waals surface area contributed by atoms with Crippen molar-refractivity contribution >= 4 is 0 Å². The van der Waals surface area contributed by atoms with Gasteiger partial charge in [-0.3, -0.25) is 0 Å². The lowest BCUT2D eigenvalue weighted by Crippen LogP contribution is -2.31. The molecule has 1 atom stereocenters. The lowest BCUT2D eigenvalue weighted by Gasteiger charge is -2.14. The van der Waals surface area contributed by atoms with Crippen molar-refractivity contribution in [1.82, 2.24) is 10.3 Å². The van der Waals surface area contributed by atoms with E-state index in [1.54, 1.807) is 20.4 Å². The number of ether oxygens (including phenoxy) is 2. The SMILES string of the molecule is COCC(CNCc1cnco1)OC. The summed E-state index contributed by atoms with van der Waals surface area (Å²) in [6.45, 7) is 1.97. The average Bonchev–Trinajstić information content (AvgIpc) is 2.69. The summed E-state index contributed by atoms with van der Waals surface area (Å²) in [5, 5.41) is 3.18. The molecule has 0 saturated carbocycles. The molecule has 5 nitrogen and oxygen atoms in total. The van der Waals surface area contributed by atoms with Crippen molar-refractivity contribution in [2.45, 2.75) is 12.6 Å². The third-order valence-electron chi connectivity index (χ3n) is 1.84. The van der Waals surface area contributed by atoms with Crippen LogP contribution in [0.25, 0.3) is 0 Å². The predicted molar refractivity (Wildman–Crippen MR) is 50.9 cm³/mol. The first kappa shape index (κ1) is 11.2. The number of hydrogen-bond donors (Lipinski definition) is 1. The van der Waals surface area contributed by atoms with E-state index < -0.39 is 0 Å². The van der Waals surface area contributed by atoms with Crippen molar-refractivity contribution in [2.75, 3.05) is 27.4 Å². The van der Waals surface area contributed by atoms with Gasteiger partial charge in [-0.15, -0.1) is 0 Å². The molecule has 1 heterocycles. The molecule has 0 fully saturated rings. The van der Waals surface area contributed by atoms with Crippen molar-refractivity contribution in [1.29, 1.82) is 0 Å². The van der Waals surface area contributed by atoms with Crippen molar-refractivity contribution in [2.24, 2.45) is 0 Å². The molecule has 80 valence electrons. The van der Waals surface area contributed by atoms with E-state index in [9.17, 15) is 0 Å². The van der Waals surface area contributed by atoms with E-state index in [2.05, 4.69) is 10.3 Å². The van der Waals surface area contributed by atoms with Gasteiger partial charge in [0.1, 0.15) is 5.76 Å². The first-order valence-electron chi connectivity index (χ1n) is 4.46. The molecule has 0 aliphatic rings. The highest BCUT2D eigenvalue weighted by Gasteiger charge is 2.06. The third kappa shape index (κ3) is 3.87. The largest absolute Gasteiger partial charge is 0.447 e. The van der Waals surface area contributed by atoms with Crippen molar-refractivity contribution in [3.8, 4) is 0 Å². The minimum atomic E-state index is 0.0721. The van der Waals surface area contributed by atoms with Crippen LogP contribution in [-0.2, 0) is 16.0 Å². The fourth-order valence-corrected chi connectivity index (χ4v) is 1.08. The second-order valence-electron chi connectivity index (χ2n) is 2.91. The van der Waals surface area contributed by atoms with Crippen molar-refractivity contribution in [3.63, 3.8) is 0 Å². The number of nitrogens with zero attached hydrogens (tertiary/aromatic N) is 1. The van der Waals surface area contributed by atoms with Crippen molar-refractivity contribution in [3.05, 3.63) is 18.4 Å². The van der Waals surface area contributed by atoms with Gasteiger partial charge in [-0.1, -0.05) is 0 Å². The summed E-state index contributed by atoms with van der Waals surface area (Å²) >= 11 is 0. The van der Waals surface area contributed by atoms with Gasteiger partial charge in [-0.2, -0.15) is 0 Å². The molecule has 0 spiro atoms. The highest BCUT2D eigenvalue weighted by atomic mass is 16.5. The van der Waals surface area contributed by atoms with Crippen LogP contribution in [0.2, 0.25) is 0 Å². The van der Waals surface area contributed by atoms with Gasteiger partial charge in [0.25, 0.3) is 0 Å². The summed E-state index contributed by atoms with van der Waals surface area (Å²) in [7, 11) is 3.32. The van der Waals surface area contributed by atoms with Gasteiger partial charge >= 0.3 is 0 Å². The standard InChI is InChI=1S/C9H16N2O3/c1-12-6-9(13-2)5-10-3-8-4-11-7-14-8/h4,7,9-10H,3,5-6H2,1-2H3. The topological polar surface area (TPSA) is 56.5 Å². The Balaban J connectivity index is 2.13. The normalized spacial score (nSPS) is 13.0. The quantitative estimate of drug-likeness (QED) is 0.691. The maximum Gasteiger partial charge on any atom is 0.180 e. The second-order valence-corrected chi connectivity index (χ2v) is 2.91. The van der Waals surface area contributed by atoms with E-state index in [0.29, 0.717) is 13.2 Å². The van der Waals surface area contributed by atoms with Gasteiger partial charge in [0.15, 0.2) is 6.39 Å². The molecule has 1 aromatic heterocycles. The molecule has 0 aliphatic heterocycles. The Bertz CT molecular complexity index is 226. The van der Waals surface area contributed by atoms with Crippen molar-refractivity contribution < 1.29 is 13.9 Å². The monoisotopic (exact) mass is 200 g/mol. The van der Waals surface area contributed by atoms with Crippen LogP contribution in [0.15, 0.2) is 17.0 Å². The number of nitrogens with one attached hydrogen (secondary N) is 1. The van der Waals surface area contributed by atoms with E-state index in [-0.39, 0.29) is 6.10 Å². The van der Waals surface area contributed by atoms with E-state index in [1.165, 1.54) is 6.39 Å². The summed E-state index contributed by atoms with van der Waals surface area (Å²) in [6, 6.07) is 0. The van der Waals surface area contributed by atoms with Gasteiger partial charge in [0.05, 0.1) is 25.5 Å². The number of methoxy groups -OCH3 is 2. The highest BCUT2D eigenvalue weighted by Crippen LogP contribution is 1.95. The maximum atomic E-state index is 5.18. The lowest BCUT2D eigenvalue weighted by atomic mass is 10.3. The first-order chi connectivity index (χ1) is 6.86. The Kier molecular flexibility index (Phi) is 5.21. The fraction of sp³-hybridized carbons (Fsp3) is 0.667. The molecule has 1 aromatic rings. The third-order valence-corrected chi connectivity index (χ3v) is 1.84. The number of rotatable bonds is 7. The Morgan fingerprint density at radius 3 is 3.00 bits per heavy atom. The zero-order valence-corrected chi connectivity index (χ0v) is 8.53. The molecule has 0 radical (unpaired) electrons. The summed E-state index contributed by atoms with van der Waals surface area (Å²) < 4.78 is 15.2. The zero-order valence-electron chi connectivity index (χ0n) is 8.53. The zero-order chi connectivity index (χ0) is 10.2. The molecular formula is C9H16N2O3. The van der Waals surface area contributed by atoms with Gasteiger partial charge in [0, 0.05) is 20.8 Å². The van der Waals surface area contributed by atoms with Crippen LogP contribution in [0.1, 0.15) is 5.76 Å². The lowest BCUT2D eigenvalue weighted by molar-refractivity contribution is 0.0285. The molecule has 0 saturated heterocycles. The van der Waals surface area contributed by atoms with Gasteiger partial charge in [0.2, 0.25) is 0 Å². The molecule has 1 rings (SSSR count). The van der Waals surface area contributed by atoms with Crippen LogP contribution in [-0.4, -0.2) is 38.5 Å². The molecule has 0 aliphatic carbocycles. The molecule has 0 bridgehead atoms. The second kappa shape index (κ2) is 6.53. The van der Waals surface area contributed by atoms with E-state index in [1.807, 2.05) is 0 Å². The van der Waals surface area contributed by atoms with Gasteiger partial charge < -0.3 is 19.2 Å². The Labute approximate surface area is 83.4 Å². The predicted octanol–water partition coefficient (Wildman–Crippen LogP) is 0.426. The summed E-state index contributed by atoms with van der Waals surface area (Å²) in [6.07, 6.45) is 3.17. The van der Waals surface area contributed by atoms with Crippen LogP contribution in [0.4, 0.5) is 0 Å². The Morgan fingerprint density at radius 2 is 2.43 bits per heavy atom. The number of oxazole rings is 1. The average molecular weight is 200 g/mol. The smallest absolute Gasteiger partial charge is 0.180 e. The van der Waals surface area contributed by atoms with E-state index in [4.69, 9.17) is 13.9 Å². The van der Waals surface area contributed by atoms with Gasteiger partial charge in [-0.25, -0.2) is 4.98 Å². The summed E-state index contributed by atoms with van der Waals surface area (Å²) in [5.41, 5.74) is 0. The van der Waals surface area contributed by atoms with Crippen LogP contribution >= 0.6 is 0 Å². The summed E-state index contributed by atoms with van der Waals surface area (Å²) in [5.74, 6) is 0.817. The van der Waals surface area contributed by atoms with Crippen LogP contribution < -0.4 is 5.32 Å². The first-order valence-corrected chi connectivity index (χ1v) is 4.46. The molecular weight excluding hydrogens is 184 g/mol. The molecule has 0 amide bonds. The Morgan fingerprint density at radius 1 is 1.57 bits per heavy atom. The number of aromatic nitrogens is 1. The van der Waals surface area contributed by atoms with Gasteiger partial charge in [-0.05, 0) is 0 Å². The molecule has 1 unspecified atom stereocenters. The van der Waals surface area contributed by atoms with Crippen LogP contribution in [0, 0.1) is 0 Å². The fourth-order valence-electron chi connectivity index (χ4n) is 1.08. The minimum absolute atomic E-state index is 0.0721. The van der Waals surface area contributed by atoms with E-state index >= 15 is 0 Å². The minimum Gasteiger partial charge on any atom is -0.447 e. The number of hydrogen-bond acceptors (Lipinski definition) is 5. The summed E-state index contributed by atoms with van der Waals surface area (Å²) in [4.78, 5) is 3.81. The molecule has 0 aromatic carbocycles. The van der Waals surface area contributed by atoms with Crippen LogP contribution in [0.3, 0.4) is 0 Å². The highest BCUT2D eigenvalue weighted by molar-refractivity contribution is 4.87.